The number of ether oxygens (including phenoxy) is 1. The van der Waals surface area contributed by atoms with Gasteiger partial charge < -0.3 is 10.5 Å². The van der Waals surface area contributed by atoms with E-state index in [2.05, 4.69) is 15.5 Å². The van der Waals surface area contributed by atoms with Crippen LogP contribution in [0, 0.1) is 11.7 Å². The highest BCUT2D eigenvalue weighted by molar-refractivity contribution is 5.61. The summed E-state index contributed by atoms with van der Waals surface area (Å²) in [5.74, 6) is 0.693. The molecule has 20 heavy (non-hydrogen) atoms. The Hall–Kier alpha value is -2.02. The van der Waals surface area contributed by atoms with E-state index >= 15 is 0 Å². The number of anilines is 1. The molecule has 1 saturated heterocycles. The van der Waals surface area contributed by atoms with Gasteiger partial charge in [-0.2, -0.15) is 0 Å². The van der Waals surface area contributed by atoms with E-state index in [0.29, 0.717) is 29.5 Å². The van der Waals surface area contributed by atoms with Crippen LogP contribution in [0.25, 0.3) is 11.4 Å². The second kappa shape index (κ2) is 5.54. The highest BCUT2D eigenvalue weighted by Gasteiger charge is 2.17. The van der Waals surface area contributed by atoms with E-state index in [4.69, 9.17) is 10.5 Å². The van der Waals surface area contributed by atoms with Crippen LogP contribution in [0.15, 0.2) is 18.2 Å². The molecule has 1 fully saturated rings. The maximum absolute atomic E-state index is 13.4. The van der Waals surface area contributed by atoms with Gasteiger partial charge in [-0.15, -0.1) is 5.10 Å². The smallest absolute Gasteiger partial charge is 0.182 e. The lowest BCUT2D eigenvalue weighted by Crippen LogP contribution is -2.09. The molecule has 1 aromatic heterocycles. The minimum atomic E-state index is -0.390. The Morgan fingerprint density at radius 2 is 2.30 bits per heavy atom. The summed E-state index contributed by atoms with van der Waals surface area (Å²) in [5, 5.41) is 11.6. The van der Waals surface area contributed by atoms with E-state index in [1.165, 1.54) is 12.1 Å². The fourth-order valence-electron chi connectivity index (χ4n) is 2.42. The van der Waals surface area contributed by atoms with E-state index in [1.54, 1.807) is 10.7 Å². The number of nitrogen functional groups attached to an aromatic ring is 1. The van der Waals surface area contributed by atoms with E-state index in [0.717, 1.165) is 26.1 Å². The third-order valence-corrected chi connectivity index (χ3v) is 3.48. The summed E-state index contributed by atoms with van der Waals surface area (Å²) in [6, 6.07) is 4.33. The molecule has 3 rings (SSSR count). The van der Waals surface area contributed by atoms with Crippen molar-refractivity contribution in [1.29, 1.82) is 0 Å². The molecule has 1 aliphatic heterocycles. The van der Waals surface area contributed by atoms with Gasteiger partial charge in [-0.05, 0) is 47.4 Å². The minimum Gasteiger partial charge on any atom is -0.399 e. The number of halogens is 1. The molecule has 2 heterocycles. The average molecular weight is 277 g/mol. The number of hydrogen-bond acceptors (Lipinski definition) is 5. The summed E-state index contributed by atoms with van der Waals surface area (Å²) in [6.07, 6.45) is 2.02. The molecule has 0 aliphatic carbocycles. The third-order valence-electron chi connectivity index (χ3n) is 3.48. The second-order valence-corrected chi connectivity index (χ2v) is 5.02. The number of aryl methyl sites for hydroxylation is 1. The average Bonchev–Trinajstić information content (AvgIpc) is 3.06. The first-order chi connectivity index (χ1) is 9.72. The molecule has 2 N–H and O–H groups in total. The topological polar surface area (TPSA) is 78.9 Å². The summed E-state index contributed by atoms with van der Waals surface area (Å²) < 4.78 is 20.4. The number of tetrazole rings is 1. The Morgan fingerprint density at radius 3 is 3.05 bits per heavy atom. The molecule has 1 atom stereocenters. The molecule has 0 amide bonds. The Kier molecular flexibility index (Phi) is 3.60. The van der Waals surface area contributed by atoms with Gasteiger partial charge in [0.05, 0.1) is 0 Å². The Labute approximate surface area is 115 Å². The van der Waals surface area contributed by atoms with E-state index < -0.39 is 5.82 Å². The Balaban J connectivity index is 1.78. The van der Waals surface area contributed by atoms with Gasteiger partial charge in [0.15, 0.2) is 5.82 Å². The zero-order valence-electron chi connectivity index (χ0n) is 11.0. The van der Waals surface area contributed by atoms with Crippen LogP contribution >= 0.6 is 0 Å². The number of aromatic nitrogens is 4. The van der Waals surface area contributed by atoms with E-state index in [-0.39, 0.29) is 0 Å². The minimum absolute atomic E-state index is 0.360. The van der Waals surface area contributed by atoms with Gasteiger partial charge in [0, 0.05) is 31.0 Å². The maximum atomic E-state index is 13.4. The lowest BCUT2D eigenvalue weighted by molar-refractivity contribution is 0.183. The molecule has 6 nitrogen and oxygen atoms in total. The normalized spacial score (nSPS) is 18.6. The number of benzene rings is 1. The van der Waals surface area contributed by atoms with Crippen LogP contribution in [0.5, 0.6) is 0 Å². The van der Waals surface area contributed by atoms with Gasteiger partial charge in [0.2, 0.25) is 0 Å². The van der Waals surface area contributed by atoms with Crippen molar-refractivity contribution in [3.05, 3.63) is 24.0 Å². The van der Waals surface area contributed by atoms with Crippen molar-refractivity contribution >= 4 is 5.69 Å². The first-order valence-electron chi connectivity index (χ1n) is 6.63. The van der Waals surface area contributed by atoms with Crippen LogP contribution in [-0.2, 0) is 11.3 Å². The molecule has 1 aromatic carbocycles. The van der Waals surface area contributed by atoms with Crippen molar-refractivity contribution < 1.29 is 9.13 Å². The fourth-order valence-corrected chi connectivity index (χ4v) is 2.42. The van der Waals surface area contributed by atoms with Crippen LogP contribution in [0.2, 0.25) is 0 Å². The fraction of sp³-hybridized carbons (Fsp3) is 0.462. The van der Waals surface area contributed by atoms with Crippen molar-refractivity contribution in [2.24, 2.45) is 5.92 Å². The number of nitrogens with two attached hydrogens (primary N) is 1. The molecule has 0 radical (unpaired) electrons. The molecule has 0 bridgehead atoms. The first-order valence-corrected chi connectivity index (χ1v) is 6.63. The van der Waals surface area contributed by atoms with Crippen molar-refractivity contribution in [3.63, 3.8) is 0 Å². The van der Waals surface area contributed by atoms with Crippen LogP contribution in [0.3, 0.4) is 0 Å². The van der Waals surface area contributed by atoms with Gasteiger partial charge in [-0.25, -0.2) is 9.07 Å². The van der Waals surface area contributed by atoms with Crippen molar-refractivity contribution in [3.8, 4) is 11.4 Å². The zero-order valence-corrected chi connectivity index (χ0v) is 11.0. The van der Waals surface area contributed by atoms with Gasteiger partial charge in [0.25, 0.3) is 0 Å². The SMILES string of the molecule is Nc1cc(F)cc(-c2nnnn2CCC2CCOC2)c1. The molecule has 0 saturated carbocycles. The zero-order chi connectivity index (χ0) is 13.9. The molecule has 1 aliphatic rings. The lowest BCUT2D eigenvalue weighted by Gasteiger charge is -2.09. The van der Waals surface area contributed by atoms with E-state index in [1.807, 2.05) is 0 Å². The van der Waals surface area contributed by atoms with Gasteiger partial charge in [0.1, 0.15) is 5.82 Å². The van der Waals surface area contributed by atoms with Gasteiger partial charge >= 0.3 is 0 Å². The van der Waals surface area contributed by atoms with Gasteiger partial charge in [-0.1, -0.05) is 0 Å². The highest BCUT2D eigenvalue weighted by Crippen LogP contribution is 2.22. The number of hydrogen-bond donors (Lipinski definition) is 1. The van der Waals surface area contributed by atoms with Crippen molar-refractivity contribution in [2.75, 3.05) is 18.9 Å². The predicted molar refractivity (Wildman–Crippen MR) is 71.2 cm³/mol. The Bertz CT molecular complexity index is 574. The number of nitrogens with zero attached hydrogens (tertiary/aromatic N) is 4. The molecule has 106 valence electrons. The third kappa shape index (κ3) is 2.77. The maximum Gasteiger partial charge on any atom is 0.182 e. The summed E-state index contributed by atoms with van der Waals surface area (Å²) >= 11 is 0. The summed E-state index contributed by atoms with van der Waals surface area (Å²) in [6.45, 7) is 2.31. The molecule has 0 spiro atoms. The Morgan fingerprint density at radius 1 is 1.40 bits per heavy atom. The quantitative estimate of drug-likeness (QED) is 0.856. The lowest BCUT2D eigenvalue weighted by atomic mass is 10.1. The van der Waals surface area contributed by atoms with Crippen LogP contribution in [-0.4, -0.2) is 33.4 Å². The van der Waals surface area contributed by atoms with Crippen molar-refractivity contribution in [2.45, 2.75) is 19.4 Å². The standard InChI is InChI=1S/C13H16FN5O/c14-11-5-10(6-12(15)7-11)13-16-17-18-19(13)3-1-9-2-4-20-8-9/h5-7,9H,1-4,8,15H2. The summed E-state index contributed by atoms with van der Waals surface area (Å²) in [4.78, 5) is 0. The first kappa shape index (κ1) is 13.0. The second-order valence-electron chi connectivity index (χ2n) is 5.02. The number of rotatable bonds is 4. The summed E-state index contributed by atoms with van der Waals surface area (Å²) in [7, 11) is 0. The van der Waals surface area contributed by atoms with Crippen LogP contribution < -0.4 is 5.73 Å². The van der Waals surface area contributed by atoms with Crippen LogP contribution in [0.1, 0.15) is 12.8 Å². The molecular formula is C13H16FN5O. The predicted octanol–water partition coefficient (Wildman–Crippen LogP) is 1.49. The van der Waals surface area contributed by atoms with Crippen LogP contribution in [0.4, 0.5) is 10.1 Å². The van der Waals surface area contributed by atoms with Gasteiger partial charge in [-0.3, -0.25) is 0 Å². The molecule has 2 aromatic rings. The molecular weight excluding hydrogens is 261 g/mol. The molecule has 1 unspecified atom stereocenters. The van der Waals surface area contributed by atoms with Crippen molar-refractivity contribution in [1.82, 2.24) is 20.2 Å². The largest absolute Gasteiger partial charge is 0.399 e. The molecule has 7 heteroatoms. The monoisotopic (exact) mass is 277 g/mol. The van der Waals surface area contributed by atoms with E-state index in [9.17, 15) is 4.39 Å². The summed E-state index contributed by atoms with van der Waals surface area (Å²) in [5.41, 5.74) is 6.61. The highest BCUT2D eigenvalue weighted by atomic mass is 19.1.